The number of hydrogen-bond acceptors (Lipinski definition) is 2. The lowest BCUT2D eigenvalue weighted by molar-refractivity contribution is 0.0693. The number of aromatic carboxylic acids is 1. The van der Waals surface area contributed by atoms with Gasteiger partial charge in [-0.2, -0.15) is 0 Å². The van der Waals surface area contributed by atoms with Crippen molar-refractivity contribution in [2.75, 3.05) is 7.11 Å². The fourth-order valence-corrected chi connectivity index (χ4v) is 2.30. The van der Waals surface area contributed by atoms with Crippen molar-refractivity contribution in [1.29, 1.82) is 0 Å². The summed E-state index contributed by atoms with van der Waals surface area (Å²) in [6.07, 6.45) is 2.84. The van der Waals surface area contributed by atoms with Crippen molar-refractivity contribution in [3.8, 4) is 5.75 Å². The van der Waals surface area contributed by atoms with E-state index in [4.69, 9.17) is 9.84 Å². The van der Waals surface area contributed by atoms with E-state index in [0.717, 1.165) is 24.8 Å². The van der Waals surface area contributed by atoms with Crippen LogP contribution >= 0.6 is 0 Å². The highest BCUT2D eigenvalue weighted by atomic mass is 16.5. The number of ether oxygens (including phenoxy) is 1. The average molecular weight is 284 g/mol. The van der Waals surface area contributed by atoms with Crippen molar-refractivity contribution in [2.45, 2.75) is 26.2 Å². The molecule has 3 heteroatoms. The van der Waals surface area contributed by atoms with Crippen LogP contribution in [0.2, 0.25) is 0 Å². The van der Waals surface area contributed by atoms with Gasteiger partial charge in [0.15, 0.2) is 0 Å². The van der Waals surface area contributed by atoms with Crippen molar-refractivity contribution >= 4 is 5.97 Å². The fourth-order valence-electron chi connectivity index (χ4n) is 2.30. The molecule has 0 fully saturated rings. The van der Waals surface area contributed by atoms with Crippen LogP contribution in [-0.4, -0.2) is 18.2 Å². The fraction of sp³-hybridized carbons (Fsp3) is 0.278. The first-order valence-corrected chi connectivity index (χ1v) is 7.12. The summed E-state index contributed by atoms with van der Waals surface area (Å²) in [5, 5.41) is 9.06. The minimum absolute atomic E-state index is 0.202. The van der Waals surface area contributed by atoms with E-state index >= 15 is 0 Å². The van der Waals surface area contributed by atoms with E-state index in [-0.39, 0.29) is 5.56 Å². The number of methoxy groups -OCH3 is 1. The molecule has 0 aromatic heterocycles. The van der Waals surface area contributed by atoms with E-state index in [0.29, 0.717) is 5.75 Å². The summed E-state index contributed by atoms with van der Waals surface area (Å²) in [7, 11) is 1.50. The molecule has 1 N–H and O–H groups in total. The molecule has 0 unspecified atom stereocenters. The molecule has 0 heterocycles. The Kier molecular flexibility index (Phi) is 4.99. The molecule has 0 spiro atoms. The molecule has 0 saturated carbocycles. The van der Waals surface area contributed by atoms with Crippen LogP contribution in [0.25, 0.3) is 0 Å². The molecule has 0 radical (unpaired) electrons. The Morgan fingerprint density at radius 3 is 2.14 bits per heavy atom. The van der Waals surface area contributed by atoms with E-state index in [1.54, 1.807) is 6.07 Å². The first-order valence-electron chi connectivity index (χ1n) is 7.12. The SMILES string of the molecule is CCc1ccc(CCc2ccc(C(=O)O)c(OC)c2)cc1. The van der Waals surface area contributed by atoms with Crippen LogP contribution in [0.15, 0.2) is 42.5 Å². The lowest BCUT2D eigenvalue weighted by atomic mass is 10.0. The zero-order chi connectivity index (χ0) is 15.2. The Labute approximate surface area is 125 Å². The van der Waals surface area contributed by atoms with Gasteiger partial charge in [-0.3, -0.25) is 0 Å². The van der Waals surface area contributed by atoms with Gasteiger partial charge in [0.1, 0.15) is 11.3 Å². The lowest BCUT2D eigenvalue weighted by Gasteiger charge is -2.08. The Morgan fingerprint density at radius 2 is 1.57 bits per heavy atom. The first-order chi connectivity index (χ1) is 10.1. The monoisotopic (exact) mass is 284 g/mol. The summed E-state index contributed by atoms with van der Waals surface area (Å²) >= 11 is 0. The molecule has 0 amide bonds. The van der Waals surface area contributed by atoms with Gasteiger partial charge in [0.25, 0.3) is 0 Å². The highest BCUT2D eigenvalue weighted by molar-refractivity contribution is 5.90. The standard InChI is InChI=1S/C18H20O3/c1-3-13-4-6-14(7-5-13)8-9-15-10-11-16(18(19)20)17(12-15)21-2/h4-7,10-12H,3,8-9H2,1-2H3,(H,19,20). The number of carbonyl (C=O) groups is 1. The first kappa shape index (κ1) is 15.1. The summed E-state index contributed by atoms with van der Waals surface area (Å²) in [6.45, 7) is 2.14. The number of hydrogen-bond donors (Lipinski definition) is 1. The van der Waals surface area contributed by atoms with Crippen LogP contribution in [0.3, 0.4) is 0 Å². The van der Waals surface area contributed by atoms with E-state index in [2.05, 4.69) is 31.2 Å². The summed E-state index contributed by atoms with van der Waals surface area (Å²) < 4.78 is 5.15. The van der Waals surface area contributed by atoms with E-state index in [9.17, 15) is 4.79 Å². The minimum Gasteiger partial charge on any atom is -0.496 e. The number of carboxylic acid groups (broad SMARTS) is 1. The Hall–Kier alpha value is -2.29. The zero-order valence-electron chi connectivity index (χ0n) is 12.4. The van der Waals surface area contributed by atoms with Gasteiger partial charge in [-0.15, -0.1) is 0 Å². The van der Waals surface area contributed by atoms with Crippen LogP contribution < -0.4 is 4.74 Å². The van der Waals surface area contributed by atoms with Gasteiger partial charge >= 0.3 is 5.97 Å². The molecule has 2 aromatic rings. The Morgan fingerprint density at radius 1 is 1.00 bits per heavy atom. The maximum atomic E-state index is 11.1. The van der Waals surface area contributed by atoms with E-state index < -0.39 is 5.97 Å². The van der Waals surface area contributed by atoms with Crippen LogP contribution in [0.5, 0.6) is 5.75 Å². The molecule has 21 heavy (non-hydrogen) atoms. The van der Waals surface area contributed by atoms with Crippen LogP contribution in [0.4, 0.5) is 0 Å². The second kappa shape index (κ2) is 6.93. The molecule has 0 atom stereocenters. The highest BCUT2D eigenvalue weighted by Crippen LogP contribution is 2.21. The summed E-state index contributed by atoms with van der Waals surface area (Å²) in [4.78, 5) is 11.1. The van der Waals surface area contributed by atoms with Crippen LogP contribution in [0, 0.1) is 0 Å². The number of benzene rings is 2. The third-order valence-electron chi connectivity index (χ3n) is 3.63. The molecule has 110 valence electrons. The molecule has 0 bridgehead atoms. The molecule has 2 rings (SSSR count). The molecule has 0 saturated heterocycles. The number of aryl methyl sites for hydroxylation is 3. The maximum Gasteiger partial charge on any atom is 0.339 e. The third kappa shape index (κ3) is 3.85. The van der Waals surface area contributed by atoms with Crippen molar-refractivity contribution in [3.63, 3.8) is 0 Å². The molecular formula is C18H20O3. The quantitative estimate of drug-likeness (QED) is 0.879. The van der Waals surface area contributed by atoms with Crippen molar-refractivity contribution in [2.24, 2.45) is 0 Å². The summed E-state index contributed by atoms with van der Waals surface area (Å²) in [5.74, 6) is -0.546. The van der Waals surface area contributed by atoms with Crippen molar-refractivity contribution in [1.82, 2.24) is 0 Å². The van der Waals surface area contributed by atoms with Crippen LogP contribution in [-0.2, 0) is 19.3 Å². The van der Waals surface area contributed by atoms with Gasteiger partial charge < -0.3 is 9.84 Å². The van der Waals surface area contributed by atoms with Gasteiger partial charge in [-0.05, 0) is 48.1 Å². The van der Waals surface area contributed by atoms with E-state index in [1.165, 1.54) is 18.2 Å². The summed E-state index contributed by atoms with van der Waals surface area (Å²) in [6, 6.07) is 13.9. The molecule has 3 nitrogen and oxygen atoms in total. The highest BCUT2D eigenvalue weighted by Gasteiger charge is 2.11. The molecular weight excluding hydrogens is 264 g/mol. The number of rotatable bonds is 6. The van der Waals surface area contributed by atoms with Gasteiger partial charge in [0.2, 0.25) is 0 Å². The van der Waals surface area contributed by atoms with Gasteiger partial charge in [-0.25, -0.2) is 4.79 Å². The van der Waals surface area contributed by atoms with Gasteiger partial charge in [0.05, 0.1) is 7.11 Å². The lowest BCUT2D eigenvalue weighted by Crippen LogP contribution is -2.01. The molecule has 0 aliphatic rings. The Balaban J connectivity index is 2.07. The van der Waals surface area contributed by atoms with Gasteiger partial charge in [-0.1, -0.05) is 37.3 Å². The normalized spacial score (nSPS) is 10.4. The summed E-state index contributed by atoms with van der Waals surface area (Å²) in [5.41, 5.74) is 3.91. The Bertz CT molecular complexity index is 615. The predicted octanol–water partition coefficient (Wildman–Crippen LogP) is 3.74. The second-order valence-corrected chi connectivity index (χ2v) is 5.01. The van der Waals surface area contributed by atoms with E-state index in [1.807, 2.05) is 12.1 Å². The average Bonchev–Trinajstić information content (AvgIpc) is 2.52. The minimum atomic E-state index is -0.964. The predicted molar refractivity (Wildman–Crippen MR) is 83.2 cm³/mol. The topological polar surface area (TPSA) is 46.5 Å². The largest absolute Gasteiger partial charge is 0.496 e. The van der Waals surface area contributed by atoms with Crippen molar-refractivity contribution in [3.05, 3.63) is 64.7 Å². The van der Waals surface area contributed by atoms with Crippen LogP contribution in [0.1, 0.15) is 34.0 Å². The molecule has 2 aromatic carbocycles. The third-order valence-corrected chi connectivity index (χ3v) is 3.63. The zero-order valence-corrected chi connectivity index (χ0v) is 12.4. The van der Waals surface area contributed by atoms with Gasteiger partial charge in [0, 0.05) is 0 Å². The smallest absolute Gasteiger partial charge is 0.339 e. The molecule has 0 aliphatic carbocycles. The second-order valence-electron chi connectivity index (χ2n) is 5.01. The number of carboxylic acids is 1. The maximum absolute atomic E-state index is 11.1. The molecule has 0 aliphatic heterocycles. The van der Waals surface area contributed by atoms with Crippen molar-refractivity contribution < 1.29 is 14.6 Å².